The summed E-state index contributed by atoms with van der Waals surface area (Å²) in [4.78, 5) is 17.5. The van der Waals surface area contributed by atoms with E-state index in [4.69, 9.17) is 0 Å². The van der Waals surface area contributed by atoms with E-state index in [1.165, 1.54) is 17.4 Å². The van der Waals surface area contributed by atoms with E-state index in [-0.39, 0.29) is 5.78 Å². The van der Waals surface area contributed by atoms with E-state index >= 15 is 0 Å². The van der Waals surface area contributed by atoms with E-state index in [2.05, 4.69) is 24.0 Å². The molecule has 0 aliphatic heterocycles. The molecule has 0 amide bonds. The molecule has 0 atom stereocenters. The molecule has 2 nitrogen and oxygen atoms in total. The van der Waals surface area contributed by atoms with Crippen LogP contribution < -0.4 is 0 Å². The molecule has 0 radical (unpaired) electrons. The predicted molar refractivity (Wildman–Crippen MR) is 69.5 cm³/mol. The Hall–Kier alpha value is -1.61. The van der Waals surface area contributed by atoms with Crippen LogP contribution in [-0.4, -0.2) is 10.8 Å². The van der Waals surface area contributed by atoms with Gasteiger partial charge in [-0.1, -0.05) is 30.0 Å². The molecule has 1 heterocycles. The maximum absolute atomic E-state index is 11.1. The first-order valence-electron chi connectivity index (χ1n) is 5.37. The standard InChI is InChI=1S/C14H13NOS/c1-10-5-3-4-6-14(10)17-12-7-8-13(11(2)16)15-9-12/h3-9H,1-2H3. The molecule has 0 spiro atoms. The van der Waals surface area contributed by atoms with Gasteiger partial charge in [0.1, 0.15) is 5.69 Å². The molecule has 3 heteroatoms. The number of aromatic nitrogens is 1. The Morgan fingerprint density at radius 1 is 1.18 bits per heavy atom. The number of aryl methyl sites for hydroxylation is 1. The Morgan fingerprint density at radius 2 is 1.94 bits per heavy atom. The summed E-state index contributed by atoms with van der Waals surface area (Å²) in [5.41, 5.74) is 1.76. The van der Waals surface area contributed by atoms with E-state index in [0.717, 1.165) is 4.90 Å². The van der Waals surface area contributed by atoms with E-state index in [9.17, 15) is 4.79 Å². The Morgan fingerprint density at radius 3 is 2.53 bits per heavy atom. The summed E-state index contributed by atoms with van der Waals surface area (Å²) in [6.07, 6.45) is 1.74. The van der Waals surface area contributed by atoms with Crippen LogP contribution in [0.25, 0.3) is 0 Å². The van der Waals surface area contributed by atoms with Gasteiger partial charge in [-0.05, 0) is 30.7 Å². The monoisotopic (exact) mass is 243 g/mol. The molecule has 1 aromatic heterocycles. The average molecular weight is 243 g/mol. The molecular weight excluding hydrogens is 230 g/mol. The molecule has 0 fully saturated rings. The fourth-order valence-electron chi connectivity index (χ4n) is 1.45. The van der Waals surface area contributed by atoms with E-state index in [1.54, 1.807) is 24.0 Å². The zero-order valence-electron chi connectivity index (χ0n) is 9.81. The highest BCUT2D eigenvalue weighted by molar-refractivity contribution is 7.99. The van der Waals surface area contributed by atoms with Crippen molar-refractivity contribution in [3.63, 3.8) is 0 Å². The van der Waals surface area contributed by atoms with Gasteiger partial charge in [-0.15, -0.1) is 0 Å². The minimum atomic E-state index is -0.00237. The van der Waals surface area contributed by atoms with Crippen LogP contribution in [0.5, 0.6) is 0 Å². The first-order valence-corrected chi connectivity index (χ1v) is 6.19. The minimum Gasteiger partial charge on any atom is -0.293 e. The first kappa shape index (κ1) is 11.9. The van der Waals surface area contributed by atoms with Gasteiger partial charge in [0.15, 0.2) is 5.78 Å². The highest BCUT2D eigenvalue weighted by Crippen LogP contribution is 2.29. The smallest absolute Gasteiger partial charge is 0.178 e. The highest BCUT2D eigenvalue weighted by Gasteiger charge is 2.03. The maximum Gasteiger partial charge on any atom is 0.178 e. The van der Waals surface area contributed by atoms with Crippen LogP contribution >= 0.6 is 11.8 Å². The summed E-state index contributed by atoms with van der Waals surface area (Å²) < 4.78 is 0. The van der Waals surface area contributed by atoms with Crippen LogP contribution in [-0.2, 0) is 0 Å². The Balaban J connectivity index is 2.20. The van der Waals surface area contributed by atoms with Crippen LogP contribution in [0.15, 0.2) is 52.4 Å². The van der Waals surface area contributed by atoms with Gasteiger partial charge in [0.05, 0.1) is 0 Å². The normalized spacial score (nSPS) is 10.2. The van der Waals surface area contributed by atoms with Crippen molar-refractivity contribution in [2.24, 2.45) is 0 Å². The second kappa shape index (κ2) is 5.15. The van der Waals surface area contributed by atoms with Crippen molar-refractivity contribution in [1.82, 2.24) is 4.98 Å². The van der Waals surface area contributed by atoms with Gasteiger partial charge >= 0.3 is 0 Å². The van der Waals surface area contributed by atoms with Crippen LogP contribution in [0.1, 0.15) is 23.0 Å². The number of ketones is 1. The zero-order chi connectivity index (χ0) is 12.3. The number of pyridine rings is 1. The molecule has 0 N–H and O–H groups in total. The highest BCUT2D eigenvalue weighted by atomic mass is 32.2. The molecule has 0 saturated heterocycles. The number of hydrogen-bond acceptors (Lipinski definition) is 3. The first-order chi connectivity index (χ1) is 8.16. The lowest BCUT2D eigenvalue weighted by molar-refractivity contribution is 0.101. The molecule has 0 unspecified atom stereocenters. The fourth-order valence-corrected chi connectivity index (χ4v) is 2.32. The third kappa shape index (κ3) is 2.94. The Kier molecular flexibility index (Phi) is 3.59. The number of nitrogens with zero attached hydrogens (tertiary/aromatic N) is 1. The lowest BCUT2D eigenvalue weighted by Gasteiger charge is -2.04. The van der Waals surface area contributed by atoms with Gasteiger partial charge in [-0.3, -0.25) is 9.78 Å². The van der Waals surface area contributed by atoms with Gasteiger partial charge in [0.25, 0.3) is 0 Å². The fraction of sp³-hybridized carbons (Fsp3) is 0.143. The van der Waals surface area contributed by atoms with Crippen molar-refractivity contribution >= 4 is 17.5 Å². The number of rotatable bonds is 3. The van der Waals surface area contributed by atoms with Crippen LogP contribution in [0.3, 0.4) is 0 Å². The third-order valence-electron chi connectivity index (χ3n) is 2.42. The van der Waals surface area contributed by atoms with Gasteiger partial charge < -0.3 is 0 Å². The molecular formula is C14H13NOS. The van der Waals surface area contributed by atoms with E-state index in [1.807, 2.05) is 18.2 Å². The average Bonchev–Trinajstić information content (AvgIpc) is 2.33. The van der Waals surface area contributed by atoms with Gasteiger partial charge in [-0.25, -0.2) is 0 Å². The van der Waals surface area contributed by atoms with E-state index in [0.29, 0.717) is 5.69 Å². The minimum absolute atomic E-state index is 0.00237. The van der Waals surface area contributed by atoms with E-state index < -0.39 is 0 Å². The summed E-state index contributed by atoms with van der Waals surface area (Å²) in [7, 11) is 0. The summed E-state index contributed by atoms with van der Waals surface area (Å²) in [6, 6.07) is 11.9. The number of carbonyl (C=O) groups is 1. The molecule has 0 saturated carbocycles. The van der Waals surface area contributed by atoms with Crippen molar-refractivity contribution in [3.8, 4) is 0 Å². The Bertz CT molecular complexity index is 534. The van der Waals surface area contributed by atoms with Crippen molar-refractivity contribution in [2.75, 3.05) is 0 Å². The quantitative estimate of drug-likeness (QED) is 0.769. The number of hydrogen-bond donors (Lipinski definition) is 0. The van der Waals surface area contributed by atoms with Crippen molar-refractivity contribution in [2.45, 2.75) is 23.6 Å². The second-order valence-corrected chi connectivity index (χ2v) is 4.92. The zero-order valence-corrected chi connectivity index (χ0v) is 10.6. The molecule has 0 aliphatic carbocycles. The van der Waals surface area contributed by atoms with Crippen molar-refractivity contribution in [3.05, 3.63) is 53.9 Å². The third-order valence-corrected chi connectivity index (χ3v) is 3.57. The van der Waals surface area contributed by atoms with Crippen LogP contribution in [0.4, 0.5) is 0 Å². The summed E-state index contributed by atoms with van der Waals surface area (Å²) in [6.45, 7) is 3.61. The lowest BCUT2D eigenvalue weighted by Crippen LogP contribution is -1.95. The lowest BCUT2D eigenvalue weighted by atomic mass is 10.2. The van der Waals surface area contributed by atoms with Gasteiger partial charge in [-0.2, -0.15) is 0 Å². The summed E-state index contributed by atoms with van der Waals surface area (Å²) >= 11 is 1.66. The number of carbonyl (C=O) groups excluding carboxylic acids is 1. The molecule has 0 bridgehead atoms. The summed E-state index contributed by atoms with van der Waals surface area (Å²) in [5.74, 6) is -0.00237. The van der Waals surface area contributed by atoms with Gasteiger partial charge in [0, 0.05) is 22.9 Å². The van der Waals surface area contributed by atoms with Gasteiger partial charge in [0.2, 0.25) is 0 Å². The molecule has 2 aromatic rings. The SMILES string of the molecule is CC(=O)c1ccc(Sc2ccccc2C)cn1. The molecule has 1 aromatic carbocycles. The molecule has 0 aliphatic rings. The Labute approximate surface area is 105 Å². The topological polar surface area (TPSA) is 30.0 Å². The maximum atomic E-state index is 11.1. The van der Waals surface area contributed by atoms with Crippen LogP contribution in [0, 0.1) is 6.92 Å². The second-order valence-electron chi connectivity index (χ2n) is 3.80. The molecule has 17 heavy (non-hydrogen) atoms. The number of Topliss-reactive ketones (excluding diaryl/α,β-unsaturated/α-hetero) is 1. The summed E-state index contributed by atoms with van der Waals surface area (Å²) in [5, 5.41) is 0. The van der Waals surface area contributed by atoms with Crippen LogP contribution in [0.2, 0.25) is 0 Å². The number of benzene rings is 1. The molecule has 2 rings (SSSR count). The van der Waals surface area contributed by atoms with Crippen molar-refractivity contribution < 1.29 is 4.79 Å². The largest absolute Gasteiger partial charge is 0.293 e. The van der Waals surface area contributed by atoms with Crippen molar-refractivity contribution in [1.29, 1.82) is 0 Å². The molecule has 86 valence electrons. The predicted octanol–water partition coefficient (Wildman–Crippen LogP) is 3.74.